The van der Waals surface area contributed by atoms with Gasteiger partial charge in [-0.05, 0) is 12.0 Å². The molecule has 1 aromatic carbocycles. The Kier molecular flexibility index (Phi) is 3.96. The van der Waals surface area contributed by atoms with Gasteiger partial charge in [-0.1, -0.05) is 35.5 Å². The fraction of sp³-hybridized carbons (Fsp3) is 0.333. The van der Waals surface area contributed by atoms with E-state index in [1.54, 1.807) is 0 Å². The number of hydrogen-bond donors (Lipinski definition) is 1. The number of sulfone groups is 1. The molecule has 2 aromatic rings. The van der Waals surface area contributed by atoms with Crippen LogP contribution in [0.3, 0.4) is 0 Å². The number of nitrogens with zero attached hydrogens (tertiary/aromatic N) is 2. The van der Waals surface area contributed by atoms with E-state index in [1.165, 1.54) is 0 Å². The first-order chi connectivity index (χ1) is 8.94. The van der Waals surface area contributed by atoms with Crippen molar-refractivity contribution < 1.29 is 12.9 Å². The Morgan fingerprint density at radius 1 is 1.32 bits per heavy atom. The van der Waals surface area contributed by atoms with Crippen LogP contribution in [0.1, 0.15) is 23.3 Å². The standard InChI is InChI=1S/C12H15N3O3S/c1-19(16,17)8-11-14-12(18-15-11)10(13)7-9-5-3-2-4-6-9/h2-6,10H,7-8,13H2,1H3/t10-/m0/s1. The summed E-state index contributed by atoms with van der Waals surface area (Å²) in [5.41, 5.74) is 7.01. The second kappa shape index (κ2) is 5.50. The lowest BCUT2D eigenvalue weighted by molar-refractivity contribution is 0.351. The first-order valence-electron chi connectivity index (χ1n) is 5.74. The zero-order valence-electron chi connectivity index (χ0n) is 10.5. The minimum absolute atomic E-state index is 0.140. The summed E-state index contributed by atoms with van der Waals surface area (Å²) >= 11 is 0. The van der Waals surface area contributed by atoms with Gasteiger partial charge < -0.3 is 10.3 Å². The zero-order valence-corrected chi connectivity index (χ0v) is 11.3. The first kappa shape index (κ1) is 13.7. The first-order valence-corrected chi connectivity index (χ1v) is 7.80. The molecule has 1 aromatic heterocycles. The quantitative estimate of drug-likeness (QED) is 0.872. The molecule has 0 aliphatic rings. The third-order valence-electron chi connectivity index (χ3n) is 2.49. The van der Waals surface area contributed by atoms with E-state index in [4.69, 9.17) is 10.3 Å². The van der Waals surface area contributed by atoms with Gasteiger partial charge in [-0.25, -0.2) is 8.42 Å². The maximum Gasteiger partial charge on any atom is 0.243 e. The highest BCUT2D eigenvalue weighted by Gasteiger charge is 2.17. The van der Waals surface area contributed by atoms with Crippen LogP contribution in [0.4, 0.5) is 0 Å². The third kappa shape index (κ3) is 4.15. The summed E-state index contributed by atoms with van der Waals surface area (Å²) in [4.78, 5) is 4.01. The Morgan fingerprint density at radius 3 is 2.63 bits per heavy atom. The Bertz CT molecular complexity index is 637. The highest BCUT2D eigenvalue weighted by atomic mass is 32.2. The second-order valence-electron chi connectivity index (χ2n) is 4.42. The van der Waals surface area contributed by atoms with E-state index < -0.39 is 15.9 Å². The molecule has 0 unspecified atom stereocenters. The molecule has 2 rings (SSSR count). The fourth-order valence-corrected chi connectivity index (χ4v) is 2.25. The molecule has 0 spiro atoms. The molecule has 0 saturated heterocycles. The summed E-state index contributed by atoms with van der Waals surface area (Å²) in [6.07, 6.45) is 1.67. The van der Waals surface area contributed by atoms with Crippen LogP contribution in [-0.2, 0) is 22.0 Å². The van der Waals surface area contributed by atoms with Gasteiger partial charge in [0.25, 0.3) is 0 Å². The molecule has 2 N–H and O–H groups in total. The van der Waals surface area contributed by atoms with Gasteiger partial charge in [-0.2, -0.15) is 4.98 Å². The van der Waals surface area contributed by atoms with E-state index in [-0.39, 0.29) is 17.5 Å². The topological polar surface area (TPSA) is 99.1 Å². The van der Waals surface area contributed by atoms with Gasteiger partial charge in [0.2, 0.25) is 5.89 Å². The average molecular weight is 281 g/mol. The van der Waals surface area contributed by atoms with Gasteiger partial charge in [0.1, 0.15) is 5.75 Å². The molecule has 0 radical (unpaired) electrons. The van der Waals surface area contributed by atoms with E-state index in [0.29, 0.717) is 6.42 Å². The minimum Gasteiger partial charge on any atom is -0.338 e. The molecule has 0 aliphatic carbocycles. The molecule has 0 bridgehead atoms. The summed E-state index contributed by atoms with van der Waals surface area (Å²) in [6.45, 7) is 0. The monoisotopic (exact) mass is 281 g/mol. The molecule has 6 nitrogen and oxygen atoms in total. The van der Waals surface area contributed by atoms with Crippen molar-refractivity contribution in [2.45, 2.75) is 18.2 Å². The average Bonchev–Trinajstić information content (AvgIpc) is 2.76. The molecule has 7 heteroatoms. The van der Waals surface area contributed by atoms with E-state index in [2.05, 4.69) is 10.1 Å². The predicted molar refractivity (Wildman–Crippen MR) is 69.9 cm³/mol. The fourth-order valence-electron chi connectivity index (χ4n) is 1.67. The second-order valence-corrected chi connectivity index (χ2v) is 6.56. The van der Waals surface area contributed by atoms with E-state index in [0.717, 1.165) is 11.8 Å². The molecule has 0 saturated carbocycles. The number of aromatic nitrogens is 2. The van der Waals surface area contributed by atoms with E-state index in [1.807, 2.05) is 30.3 Å². The van der Waals surface area contributed by atoms with Crippen molar-refractivity contribution in [2.75, 3.05) is 6.26 Å². The molecular weight excluding hydrogens is 266 g/mol. The smallest absolute Gasteiger partial charge is 0.243 e. The number of benzene rings is 1. The zero-order chi connectivity index (χ0) is 13.9. The highest BCUT2D eigenvalue weighted by molar-refractivity contribution is 7.89. The van der Waals surface area contributed by atoms with Crippen molar-refractivity contribution in [1.82, 2.24) is 10.1 Å². The lowest BCUT2D eigenvalue weighted by Gasteiger charge is -2.05. The number of nitrogens with two attached hydrogens (primary N) is 1. The maximum atomic E-state index is 11.1. The summed E-state index contributed by atoms with van der Waals surface area (Å²) < 4.78 is 27.2. The van der Waals surface area contributed by atoms with Crippen molar-refractivity contribution >= 4 is 9.84 Å². The van der Waals surface area contributed by atoms with Gasteiger partial charge in [0.15, 0.2) is 15.7 Å². The molecular formula is C12H15N3O3S. The van der Waals surface area contributed by atoms with E-state index >= 15 is 0 Å². The van der Waals surface area contributed by atoms with Crippen molar-refractivity contribution in [2.24, 2.45) is 5.73 Å². The van der Waals surface area contributed by atoms with Crippen molar-refractivity contribution in [3.63, 3.8) is 0 Å². The number of hydrogen-bond acceptors (Lipinski definition) is 6. The maximum absolute atomic E-state index is 11.1. The molecule has 102 valence electrons. The summed E-state index contributed by atoms with van der Waals surface area (Å²) in [7, 11) is -3.17. The van der Waals surface area contributed by atoms with Crippen LogP contribution in [0.15, 0.2) is 34.9 Å². The van der Waals surface area contributed by atoms with Crippen LogP contribution in [0.25, 0.3) is 0 Å². The Balaban J connectivity index is 2.06. The SMILES string of the molecule is CS(=O)(=O)Cc1noc([C@@H](N)Cc2ccccc2)n1. The normalized spacial score (nSPS) is 13.4. The van der Waals surface area contributed by atoms with Gasteiger partial charge >= 0.3 is 0 Å². The summed E-state index contributed by atoms with van der Waals surface area (Å²) in [5, 5.41) is 3.62. The Morgan fingerprint density at radius 2 is 2.00 bits per heavy atom. The molecule has 0 aliphatic heterocycles. The molecule has 0 amide bonds. The van der Waals surface area contributed by atoms with Crippen LogP contribution < -0.4 is 5.73 Å². The summed E-state index contributed by atoms with van der Waals surface area (Å²) in [6, 6.07) is 9.23. The van der Waals surface area contributed by atoms with Crippen LogP contribution in [0, 0.1) is 0 Å². The van der Waals surface area contributed by atoms with Gasteiger partial charge in [0.05, 0.1) is 6.04 Å². The molecule has 19 heavy (non-hydrogen) atoms. The van der Waals surface area contributed by atoms with Crippen LogP contribution in [0.5, 0.6) is 0 Å². The van der Waals surface area contributed by atoms with Gasteiger partial charge in [0, 0.05) is 6.26 Å². The van der Waals surface area contributed by atoms with Crippen molar-refractivity contribution in [1.29, 1.82) is 0 Å². The van der Waals surface area contributed by atoms with Crippen molar-refractivity contribution in [3.05, 3.63) is 47.6 Å². The van der Waals surface area contributed by atoms with Gasteiger partial charge in [-0.3, -0.25) is 0 Å². The Hall–Kier alpha value is -1.73. The lowest BCUT2D eigenvalue weighted by atomic mass is 10.1. The van der Waals surface area contributed by atoms with Gasteiger partial charge in [-0.15, -0.1) is 0 Å². The lowest BCUT2D eigenvalue weighted by Crippen LogP contribution is -2.14. The third-order valence-corrected chi connectivity index (χ3v) is 3.27. The van der Waals surface area contributed by atoms with Crippen LogP contribution in [-0.4, -0.2) is 24.8 Å². The van der Waals surface area contributed by atoms with Crippen LogP contribution >= 0.6 is 0 Å². The molecule has 0 fully saturated rings. The highest BCUT2D eigenvalue weighted by Crippen LogP contribution is 2.14. The van der Waals surface area contributed by atoms with Crippen LogP contribution in [0.2, 0.25) is 0 Å². The minimum atomic E-state index is -3.17. The summed E-state index contributed by atoms with van der Waals surface area (Å²) in [5.74, 6) is 0.151. The molecule has 1 heterocycles. The molecule has 1 atom stereocenters. The van der Waals surface area contributed by atoms with E-state index in [9.17, 15) is 8.42 Å². The Labute approximate surface area is 111 Å². The predicted octanol–water partition coefficient (Wildman–Crippen LogP) is 0.857. The number of rotatable bonds is 5. The largest absolute Gasteiger partial charge is 0.338 e. The van der Waals surface area contributed by atoms with Crippen molar-refractivity contribution in [3.8, 4) is 0 Å².